The number of pyridine rings is 1. The first kappa shape index (κ1) is 21.0. The highest BCUT2D eigenvalue weighted by Crippen LogP contribution is 2.18. The molecule has 1 aromatic heterocycles. The minimum Gasteiger partial charge on any atom is -0.357 e. The average molecular weight is 375 g/mol. The van der Waals surface area contributed by atoms with Gasteiger partial charge >= 0.3 is 0 Å². The lowest BCUT2D eigenvalue weighted by Crippen LogP contribution is -2.49. The molecule has 2 heterocycles. The number of hydrogen-bond acceptors (Lipinski definition) is 4. The molecule has 2 rings (SSSR count). The summed E-state index contributed by atoms with van der Waals surface area (Å²) in [5.74, 6) is 1.86. The van der Waals surface area contributed by atoms with Crippen molar-refractivity contribution in [1.82, 2.24) is 20.9 Å². The van der Waals surface area contributed by atoms with Crippen molar-refractivity contribution >= 4 is 17.7 Å². The summed E-state index contributed by atoms with van der Waals surface area (Å²) in [5, 5.41) is 9.71. The Morgan fingerprint density at radius 2 is 1.93 bits per heavy atom. The van der Waals surface area contributed by atoms with Gasteiger partial charge in [-0.15, -0.1) is 0 Å². The normalized spacial score (nSPS) is 16.1. The largest absolute Gasteiger partial charge is 0.357 e. The summed E-state index contributed by atoms with van der Waals surface area (Å²) in [4.78, 5) is 23.6. The van der Waals surface area contributed by atoms with Crippen LogP contribution in [0.15, 0.2) is 29.4 Å². The number of aliphatic imine (C=N–C) groups is 1. The Balaban J connectivity index is 1.89. The molecule has 0 saturated carbocycles. The Labute approximate surface area is 163 Å². The van der Waals surface area contributed by atoms with Crippen LogP contribution in [0.4, 0.5) is 5.82 Å². The molecule has 0 bridgehead atoms. The number of amides is 1. The number of guanidine groups is 1. The molecule has 7 nitrogen and oxygen atoms in total. The van der Waals surface area contributed by atoms with Crippen LogP contribution in [0, 0.1) is 5.41 Å². The SMILES string of the molecule is CCNC(=O)C(C)(C)CN=C(NCC)NC1CCN(c2ccccn2)CC1. The molecule has 0 aromatic carbocycles. The fraction of sp³-hybridized carbons (Fsp3) is 0.650. The van der Waals surface area contributed by atoms with Crippen LogP contribution < -0.4 is 20.9 Å². The van der Waals surface area contributed by atoms with Crippen molar-refractivity contribution in [3.05, 3.63) is 24.4 Å². The van der Waals surface area contributed by atoms with E-state index in [1.807, 2.05) is 39.1 Å². The first-order chi connectivity index (χ1) is 13.0. The molecule has 0 aliphatic carbocycles. The smallest absolute Gasteiger partial charge is 0.227 e. The number of hydrogen-bond donors (Lipinski definition) is 3. The molecule has 1 aliphatic rings. The van der Waals surface area contributed by atoms with Gasteiger partial charge in [0.05, 0.1) is 12.0 Å². The lowest BCUT2D eigenvalue weighted by Gasteiger charge is -2.34. The fourth-order valence-electron chi connectivity index (χ4n) is 3.06. The standard InChI is InChI=1S/C20H34N6O/c1-5-21-18(27)20(3,4)15-24-19(22-6-2)25-16-10-13-26(14-11-16)17-9-7-8-12-23-17/h7-9,12,16H,5-6,10-11,13-15H2,1-4H3,(H,21,27)(H2,22,24,25). The van der Waals surface area contributed by atoms with Gasteiger partial charge in [0.2, 0.25) is 5.91 Å². The quantitative estimate of drug-likeness (QED) is 0.501. The van der Waals surface area contributed by atoms with E-state index in [2.05, 4.69) is 43.8 Å². The van der Waals surface area contributed by atoms with E-state index in [0.29, 0.717) is 19.1 Å². The van der Waals surface area contributed by atoms with Gasteiger partial charge in [0, 0.05) is 38.4 Å². The van der Waals surface area contributed by atoms with E-state index in [0.717, 1.165) is 44.3 Å². The number of carbonyl (C=O) groups is 1. The molecule has 1 amide bonds. The number of rotatable bonds is 7. The minimum absolute atomic E-state index is 0.0354. The van der Waals surface area contributed by atoms with E-state index in [1.54, 1.807) is 0 Å². The van der Waals surface area contributed by atoms with Crippen molar-refractivity contribution in [3.8, 4) is 0 Å². The van der Waals surface area contributed by atoms with Crippen LogP contribution >= 0.6 is 0 Å². The van der Waals surface area contributed by atoms with Crippen LogP contribution in [-0.4, -0.2) is 55.6 Å². The Morgan fingerprint density at radius 3 is 2.52 bits per heavy atom. The summed E-state index contributed by atoms with van der Waals surface area (Å²) < 4.78 is 0. The number of nitrogens with one attached hydrogen (secondary N) is 3. The van der Waals surface area contributed by atoms with Gasteiger partial charge in [-0.1, -0.05) is 6.07 Å². The number of anilines is 1. The number of nitrogens with zero attached hydrogens (tertiary/aromatic N) is 3. The first-order valence-corrected chi connectivity index (χ1v) is 9.95. The Kier molecular flexibility index (Phi) is 7.88. The molecule has 27 heavy (non-hydrogen) atoms. The van der Waals surface area contributed by atoms with E-state index in [-0.39, 0.29) is 5.91 Å². The van der Waals surface area contributed by atoms with Crippen molar-refractivity contribution in [2.75, 3.05) is 37.6 Å². The topological polar surface area (TPSA) is 81.6 Å². The zero-order valence-corrected chi connectivity index (χ0v) is 17.1. The maximum absolute atomic E-state index is 12.2. The van der Waals surface area contributed by atoms with Crippen molar-refractivity contribution in [3.63, 3.8) is 0 Å². The Morgan fingerprint density at radius 1 is 1.22 bits per heavy atom. The fourth-order valence-corrected chi connectivity index (χ4v) is 3.06. The molecule has 0 spiro atoms. The molecule has 0 atom stereocenters. The zero-order chi connectivity index (χ0) is 19.7. The second-order valence-electron chi connectivity index (χ2n) is 7.53. The van der Waals surface area contributed by atoms with Gasteiger partial charge in [0.1, 0.15) is 5.82 Å². The lowest BCUT2D eigenvalue weighted by atomic mass is 9.92. The average Bonchev–Trinajstić information content (AvgIpc) is 2.68. The molecular weight excluding hydrogens is 340 g/mol. The van der Waals surface area contributed by atoms with Crippen molar-refractivity contribution in [2.45, 2.75) is 46.6 Å². The molecule has 1 fully saturated rings. The van der Waals surface area contributed by atoms with Crippen LogP contribution in [0.3, 0.4) is 0 Å². The van der Waals surface area contributed by atoms with Crippen molar-refractivity contribution in [2.24, 2.45) is 10.4 Å². The number of piperidine rings is 1. The van der Waals surface area contributed by atoms with E-state index >= 15 is 0 Å². The van der Waals surface area contributed by atoms with Gasteiger partial charge in [-0.3, -0.25) is 9.79 Å². The van der Waals surface area contributed by atoms with Gasteiger partial charge < -0.3 is 20.9 Å². The van der Waals surface area contributed by atoms with Crippen molar-refractivity contribution in [1.29, 1.82) is 0 Å². The predicted molar refractivity (Wildman–Crippen MR) is 111 cm³/mol. The first-order valence-electron chi connectivity index (χ1n) is 9.95. The zero-order valence-electron chi connectivity index (χ0n) is 17.1. The van der Waals surface area contributed by atoms with E-state index in [4.69, 9.17) is 0 Å². The van der Waals surface area contributed by atoms with Crippen molar-refractivity contribution < 1.29 is 4.79 Å². The summed E-state index contributed by atoms with van der Waals surface area (Å²) in [5.41, 5.74) is -0.527. The Hall–Kier alpha value is -2.31. The third-order valence-corrected chi connectivity index (χ3v) is 4.74. The van der Waals surface area contributed by atoms with Crippen LogP contribution in [-0.2, 0) is 4.79 Å². The highest BCUT2D eigenvalue weighted by atomic mass is 16.2. The monoisotopic (exact) mass is 374 g/mol. The number of carbonyl (C=O) groups excluding carboxylic acids is 1. The molecular formula is C20H34N6O. The summed E-state index contributed by atoms with van der Waals surface area (Å²) in [6.07, 6.45) is 3.90. The molecule has 1 aliphatic heterocycles. The maximum Gasteiger partial charge on any atom is 0.227 e. The molecule has 3 N–H and O–H groups in total. The van der Waals surface area contributed by atoms with Gasteiger partial charge in [-0.2, -0.15) is 0 Å². The highest BCUT2D eigenvalue weighted by molar-refractivity contribution is 5.83. The van der Waals surface area contributed by atoms with E-state index < -0.39 is 5.41 Å². The summed E-state index contributed by atoms with van der Waals surface area (Å²) >= 11 is 0. The molecule has 7 heteroatoms. The molecule has 1 aromatic rings. The second kappa shape index (κ2) is 10.1. The van der Waals surface area contributed by atoms with E-state index in [1.165, 1.54) is 0 Å². The van der Waals surface area contributed by atoms with Gasteiger partial charge in [-0.05, 0) is 52.7 Å². The maximum atomic E-state index is 12.2. The predicted octanol–water partition coefficient (Wildman–Crippen LogP) is 1.77. The third kappa shape index (κ3) is 6.41. The van der Waals surface area contributed by atoms with Gasteiger partial charge in [0.25, 0.3) is 0 Å². The van der Waals surface area contributed by atoms with Gasteiger partial charge in [-0.25, -0.2) is 4.98 Å². The van der Waals surface area contributed by atoms with Crippen LogP contribution in [0.25, 0.3) is 0 Å². The molecule has 150 valence electrons. The minimum atomic E-state index is -0.527. The molecule has 0 unspecified atom stereocenters. The lowest BCUT2D eigenvalue weighted by molar-refractivity contribution is -0.128. The highest BCUT2D eigenvalue weighted by Gasteiger charge is 2.27. The van der Waals surface area contributed by atoms with Crippen LogP contribution in [0.1, 0.15) is 40.5 Å². The van der Waals surface area contributed by atoms with Crippen LogP contribution in [0.2, 0.25) is 0 Å². The van der Waals surface area contributed by atoms with Crippen LogP contribution in [0.5, 0.6) is 0 Å². The second-order valence-corrected chi connectivity index (χ2v) is 7.53. The molecule has 1 saturated heterocycles. The summed E-state index contributed by atoms with van der Waals surface area (Å²) in [6.45, 7) is 11.7. The summed E-state index contributed by atoms with van der Waals surface area (Å²) in [6, 6.07) is 6.40. The number of aromatic nitrogens is 1. The van der Waals surface area contributed by atoms with E-state index in [9.17, 15) is 4.79 Å². The van der Waals surface area contributed by atoms with Gasteiger partial charge in [0.15, 0.2) is 5.96 Å². The molecule has 0 radical (unpaired) electrons. The summed E-state index contributed by atoms with van der Waals surface area (Å²) in [7, 11) is 0. The Bertz CT molecular complexity index is 608. The third-order valence-electron chi connectivity index (χ3n) is 4.74.